The number of hydrogen-bond acceptors (Lipinski definition) is 3. The molecule has 0 saturated heterocycles. The second-order valence-corrected chi connectivity index (χ2v) is 7.69. The first-order chi connectivity index (χ1) is 10.0. The van der Waals surface area contributed by atoms with Crippen LogP contribution in [0.2, 0.25) is 5.02 Å². The lowest BCUT2D eigenvalue weighted by Gasteiger charge is -2.10. The first-order valence-electron chi connectivity index (χ1n) is 7.54. The van der Waals surface area contributed by atoms with Crippen molar-refractivity contribution in [3.05, 3.63) is 28.8 Å². The third-order valence-corrected chi connectivity index (χ3v) is 5.39. The zero-order valence-electron chi connectivity index (χ0n) is 12.4. The quantitative estimate of drug-likeness (QED) is 0.684. The lowest BCUT2D eigenvalue weighted by atomic mass is 10.2. The largest absolute Gasteiger partial charge is 0.310 e. The van der Waals surface area contributed by atoms with E-state index in [2.05, 4.69) is 17.0 Å². The number of benzene rings is 1. The highest BCUT2D eigenvalue weighted by Crippen LogP contribution is 2.23. The van der Waals surface area contributed by atoms with Crippen LogP contribution in [-0.4, -0.2) is 21.0 Å². The summed E-state index contributed by atoms with van der Waals surface area (Å²) in [5.74, 6) is 0. The predicted octanol–water partition coefficient (Wildman–Crippen LogP) is 3.06. The van der Waals surface area contributed by atoms with Crippen LogP contribution in [0.3, 0.4) is 0 Å². The average Bonchev–Trinajstić information content (AvgIpc) is 3.27. The van der Waals surface area contributed by atoms with Crippen molar-refractivity contribution in [3.8, 4) is 0 Å². The molecule has 0 unspecified atom stereocenters. The summed E-state index contributed by atoms with van der Waals surface area (Å²) in [7, 11) is -3.44. The number of sulfonamides is 1. The Labute approximate surface area is 132 Å². The second-order valence-electron chi connectivity index (χ2n) is 5.51. The van der Waals surface area contributed by atoms with Crippen LogP contribution >= 0.6 is 11.6 Å². The average molecular weight is 331 g/mol. The molecule has 6 heteroatoms. The van der Waals surface area contributed by atoms with E-state index in [4.69, 9.17) is 11.6 Å². The van der Waals surface area contributed by atoms with Gasteiger partial charge < -0.3 is 5.32 Å². The maximum Gasteiger partial charge on any atom is 0.240 e. The fourth-order valence-electron chi connectivity index (χ4n) is 2.06. The van der Waals surface area contributed by atoms with Gasteiger partial charge in [-0.2, -0.15) is 0 Å². The van der Waals surface area contributed by atoms with Crippen LogP contribution < -0.4 is 10.0 Å². The first kappa shape index (κ1) is 16.7. The molecule has 21 heavy (non-hydrogen) atoms. The van der Waals surface area contributed by atoms with Crippen molar-refractivity contribution in [1.82, 2.24) is 10.0 Å². The Hall–Kier alpha value is -0.620. The van der Waals surface area contributed by atoms with E-state index in [0.29, 0.717) is 24.2 Å². The second kappa shape index (κ2) is 7.58. The summed E-state index contributed by atoms with van der Waals surface area (Å²) < 4.78 is 27.1. The minimum atomic E-state index is -3.44. The number of nitrogens with one attached hydrogen (secondary N) is 2. The molecule has 118 valence electrons. The minimum absolute atomic E-state index is 0.288. The van der Waals surface area contributed by atoms with Crippen LogP contribution in [0.5, 0.6) is 0 Å². The van der Waals surface area contributed by atoms with Crippen LogP contribution in [0.25, 0.3) is 0 Å². The molecule has 0 atom stereocenters. The normalized spacial score (nSPS) is 15.3. The van der Waals surface area contributed by atoms with Crippen LogP contribution in [0.15, 0.2) is 23.1 Å². The number of unbranched alkanes of at least 4 members (excludes halogenated alkanes) is 2. The molecule has 0 spiro atoms. The van der Waals surface area contributed by atoms with Crippen molar-refractivity contribution in [1.29, 1.82) is 0 Å². The molecule has 0 bridgehead atoms. The van der Waals surface area contributed by atoms with Gasteiger partial charge in [0.25, 0.3) is 0 Å². The third-order valence-electron chi connectivity index (χ3n) is 3.56. The van der Waals surface area contributed by atoms with Crippen molar-refractivity contribution in [2.45, 2.75) is 56.5 Å². The molecule has 2 N–H and O–H groups in total. The van der Waals surface area contributed by atoms with E-state index in [0.717, 1.165) is 24.8 Å². The van der Waals surface area contributed by atoms with Gasteiger partial charge in [-0.05, 0) is 43.0 Å². The van der Waals surface area contributed by atoms with Crippen LogP contribution in [0.1, 0.15) is 44.6 Å². The maximum absolute atomic E-state index is 12.2. The molecule has 0 amide bonds. The summed E-state index contributed by atoms with van der Waals surface area (Å²) in [6, 6.07) is 5.45. The van der Waals surface area contributed by atoms with Gasteiger partial charge in [0, 0.05) is 24.2 Å². The van der Waals surface area contributed by atoms with Gasteiger partial charge in [0.2, 0.25) is 10.0 Å². The SMILES string of the molecule is CCCCCNS(=O)(=O)c1ccc(Cl)c(CNC2CC2)c1. The highest BCUT2D eigenvalue weighted by molar-refractivity contribution is 7.89. The zero-order valence-corrected chi connectivity index (χ0v) is 13.9. The van der Waals surface area contributed by atoms with Gasteiger partial charge in [0.05, 0.1) is 4.90 Å². The molecule has 1 aliphatic rings. The fourth-order valence-corrected chi connectivity index (χ4v) is 3.37. The van der Waals surface area contributed by atoms with E-state index in [1.54, 1.807) is 18.2 Å². The van der Waals surface area contributed by atoms with Crippen molar-refractivity contribution in [2.24, 2.45) is 0 Å². The summed E-state index contributed by atoms with van der Waals surface area (Å²) >= 11 is 6.14. The lowest BCUT2D eigenvalue weighted by Crippen LogP contribution is -2.25. The molecule has 1 aromatic rings. The molecule has 0 aliphatic heterocycles. The molecule has 0 aromatic heterocycles. The molecular formula is C15H23ClN2O2S. The number of hydrogen-bond donors (Lipinski definition) is 2. The van der Waals surface area contributed by atoms with Gasteiger partial charge in [0.15, 0.2) is 0 Å². The predicted molar refractivity (Wildman–Crippen MR) is 86.0 cm³/mol. The summed E-state index contributed by atoms with van der Waals surface area (Å²) in [6.07, 6.45) is 5.34. The van der Waals surface area contributed by atoms with E-state index in [9.17, 15) is 8.42 Å². The molecule has 4 nitrogen and oxygen atoms in total. The van der Waals surface area contributed by atoms with E-state index >= 15 is 0 Å². The van der Waals surface area contributed by atoms with E-state index in [-0.39, 0.29) is 4.90 Å². The Morgan fingerprint density at radius 1 is 1.29 bits per heavy atom. The van der Waals surface area contributed by atoms with E-state index < -0.39 is 10.0 Å². The molecule has 1 fully saturated rings. The number of halogens is 1. The Bertz CT molecular complexity index is 571. The molecular weight excluding hydrogens is 308 g/mol. The van der Waals surface area contributed by atoms with Crippen molar-refractivity contribution >= 4 is 21.6 Å². The van der Waals surface area contributed by atoms with Crippen LogP contribution in [-0.2, 0) is 16.6 Å². The summed E-state index contributed by atoms with van der Waals surface area (Å²) in [4.78, 5) is 0.288. The van der Waals surface area contributed by atoms with Crippen LogP contribution in [0, 0.1) is 0 Å². The smallest absolute Gasteiger partial charge is 0.240 e. The van der Waals surface area contributed by atoms with Gasteiger partial charge in [-0.3, -0.25) is 0 Å². The van der Waals surface area contributed by atoms with Gasteiger partial charge in [-0.1, -0.05) is 31.4 Å². The minimum Gasteiger partial charge on any atom is -0.310 e. The standard InChI is InChI=1S/C15H23ClN2O2S/c1-2-3-4-9-18-21(19,20)14-7-8-15(16)12(10-14)11-17-13-5-6-13/h7-8,10,13,17-18H,2-6,9,11H2,1H3. The highest BCUT2D eigenvalue weighted by atomic mass is 35.5. The summed E-state index contributed by atoms with van der Waals surface area (Å²) in [5.41, 5.74) is 0.833. The molecule has 1 saturated carbocycles. The summed E-state index contributed by atoms with van der Waals surface area (Å²) in [6.45, 7) is 3.18. The van der Waals surface area contributed by atoms with E-state index in [1.807, 2.05) is 0 Å². The van der Waals surface area contributed by atoms with Crippen molar-refractivity contribution in [2.75, 3.05) is 6.54 Å². The molecule has 1 aromatic carbocycles. The van der Waals surface area contributed by atoms with Crippen molar-refractivity contribution < 1.29 is 8.42 Å². The van der Waals surface area contributed by atoms with E-state index in [1.165, 1.54) is 12.8 Å². The third kappa shape index (κ3) is 5.25. The molecule has 0 heterocycles. The Balaban J connectivity index is 2.01. The fraction of sp³-hybridized carbons (Fsp3) is 0.600. The molecule has 1 aliphatic carbocycles. The van der Waals surface area contributed by atoms with Gasteiger partial charge in [0.1, 0.15) is 0 Å². The topological polar surface area (TPSA) is 58.2 Å². The van der Waals surface area contributed by atoms with Gasteiger partial charge in [-0.25, -0.2) is 13.1 Å². The van der Waals surface area contributed by atoms with Crippen molar-refractivity contribution in [3.63, 3.8) is 0 Å². The highest BCUT2D eigenvalue weighted by Gasteiger charge is 2.21. The number of rotatable bonds is 9. The Morgan fingerprint density at radius 2 is 2.05 bits per heavy atom. The Morgan fingerprint density at radius 3 is 2.71 bits per heavy atom. The lowest BCUT2D eigenvalue weighted by molar-refractivity contribution is 0.575. The van der Waals surface area contributed by atoms with Gasteiger partial charge >= 0.3 is 0 Å². The Kier molecular flexibility index (Phi) is 6.05. The molecule has 0 radical (unpaired) electrons. The monoisotopic (exact) mass is 330 g/mol. The first-order valence-corrected chi connectivity index (χ1v) is 9.40. The zero-order chi connectivity index (χ0) is 15.3. The molecule has 2 rings (SSSR count). The summed E-state index contributed by atoms with van der Waals surface area (Å²) in [5, 5.41) is 3.96. The van der Waals surface area contributed by atoms with Crippen LogP contribution in [0.4, 0.5) is 0 Å². The van der Waals surface area contributed by atoms with Gasteiger partial charge in [-0.15, -0.1) is 0 Å². The maximum atomic E-state index is 12.2.